The Kier molecular flexibility index (Phi) is 19.4. The Morgan fingerprint density at radius 2 is 1.31 bits per heavy atom. The molecule has 0 saturated carbocycles. The van der Waals surface area contributed by atoms with Crippen LogP contribution in [0, 0.1) is 11.8 Å². The van der Waals surface area contributed by atoms with Crippen LogP contribution in [0.3, 0.4) is 0 Å². The highest BCUT2D eigenvalue weighted by Crippen LogP contribution is 2.35. The normalized spacial score (nSPS) is 34.7. The highest BCUT2D eigenvalue weighted by atomic mass is 16.7. The molecular formula is C42H64O19. The Hall–Kier alpha value is -3.72. The van der Waals surface area contributed by atoms with Crippen LogP contribution < -0.4 is 0 Å². The summed E-state index contributed by atoms with van der Waals surface area (Å²) in [4.78, 5) is 78.0. The van der Waals surface area contributed by atoms with Crippen LogP contribution >= 0.6 is 0 Å². The number of hydrogen-bond acceptors (Lipinski definition) is 19. The van der Waals surface area contributed by atoms with Gasteiger partial charge in [-0.15, -0.1) is 0 Å². The lowest BCUT2D eigenvalue weighted by Gasteiger charge is -2.37. The first kappa shape index (κ1) is 49.9. The van der Waals surface area contributed by atoms with Crippen LogP contribution in [0.4, 0.5) is 0 Å². The van der Waals surface area contributed by atoms with Crippen molar-refractivity contribution >= 4 is 35.8 Å². The van der Waals surface area contributed by atoms with Gasteiger partial charge in [0.2, 0.25) is 0 Å². The van der Waals surface area contributed by atoms with Crippen molar-refractivity contribution in [2.45, 2.75) is 179 Å². The zero-order valence-electron chi connectivity index (χ0n) is 36.3. The van der Waals surface area contributed by atoms with Crippen LogP contribution in [0.25, 0.3) is 0 Å². The maximum absolute atomic E-state index is 13.5. The van der Waals surface area contributed by atoms with Crippen molar-refractivity contribution < 1.29 is 91.1 Å². The predicted octanol–water partition coefficient (Wildman–Crippen LogP) is 1.82. The highest BCUT2D eigenvalue weighted by Gasteiger charge is 2.51. The molecule has 15 atom stereocenters. The van der Waals surface area contributed by atoms with Crippen molar-refractivity contribution in [1.29, 1.82) is 0 Å². The van der Waals surface area contributed by atoms with Crippen LogP contribution in [0.2, 0.25) is 0 Å². The fourth-order valence-electron chi connectivity index (χ4n) is 7.22. The SMILES string of the molecule is CC=CC1OC1C1OC(C)C(O)CC(=O)OCC2COC(=O)CC(C(C)OC(C)C3CC(=O)OCC(COC(=O)CC)OC(=O)CC(C(C)C(O)C(C)C)O3)OC1CC(=O)O2. The van der Waals surface area contributed by atoms with Gasteiger partial charge in [0.25, 0.3) is 0 Å². The number of aliphatic hydroxyl groups is 2. The molecule has 0 aliphatic carbocycles. The number of carbonyl (C=O) groups excluding carboxylic acids is 6. The molecule has 19 heteroatoms. The molecule has 0 radical (unpaired) electrons. The Morgan fingerprint density at radius 1 is 0.738 bits per heavy atom. The predicted molar refractivity (Wildman–Crippen MR) is 208 cm³/mol. The van der Waals surface area contributed by atoms with Gasteiger partial charge >= 0.3 is 35.8 Å². The van der Waals surface area contributed by atoms with E-state index in [9.17, 15) is 39.0 Å². The van der Waals surface area contributed by atoms with E-state index in [0.29, 0.717) is 0 Å². The first-order valence-electron chi connectivity index (χ1n) is 21.2. The number of aliphatic hydroxyl groups excluding tert-OH is 2. The number of esters is 6. The second kappa shape index (κ2) is 23.6. The number of allylic oxidation sites excluding steroid dienone is 1. The summed E-state index contributed by atoms with van der Waals surface area (Å²) in [5, 5.41) is 22.0. The summed E-state index contributed by atoms with van der Waals surface area (Å²) in [6.07, 6.45) is -12.1. The molecular weight excluding hydrogens is 808 g/mol. The van der Waals surface area contributed by atoms with Crippen LogP contribution in [0.15, 0.2) is 12.2 Å². The molecule has 0 aromatic carbocycles. The fraction of sp³-hybridized carbons (Fsp3) is 0.810. The Bertz CT molecular complexity index is 1520. The van der Waals surface area contributed by atoms with E-state index >= 15 is 0 Å². The van der Waals surface area contributed by atoms with Crippen molar-refractivity contribution in [2.24, 2.45) is 11.8 Å². The molecule has 0 aromatic heterocycles. The first-order valence-corrected chi connectivity index (χ1v) is 21.2. The van der Waals surface area contributed by atoms with Crippen molar-refractivity contribution in [3.05, 3.63) is 12.2 Å². The van der Waals surface area contributed by atoms with Gasteiger partial charge in [0, 0.05) is 12.3 Å². The van der Waals surface area contributed by atoms with Crippen LogP contribution in [0.5, 0.6) is 0 Å². The van der Waals surface area contributed by atoms with E-state index in [2.05, 4.69) is 0 Å². The van der Waals surface area contributed by atoms with E-state index in [0.717, 1.165) is 0 Å². The summed E-state index contributed by atoms with van der Waals surface area (Å²) in [5.74, 6) is -5.19. The summed E-state index contributed by atoms with van der Waals surface area (Å²) in [6.45, 7) is 11.9. The molecule has 61 heavy (non-hydrogen) atoms. The minimum Gasteiger partial charge on any atom is -0.462 e. The van der Waals surface area contributed by atoms with E-state index in [1.54, 1.807) is 53.7 Å². The van der Waals surface area contributed by atoms with Gasteiger partial charge in [-0.2, -0.15) is 0 Å². The summed E-state index contributed by atoms with van der Waals surface area (Å²) >= 11 is 0. The number of rotatable bonds is 12. The molecule has 2 N–H and O–H groups in total. The molecule has 346 valence electrons. The molecule has 4 saturated heterocycles. The summed E-state index contributed by atoms with van der Waals surface area (Å²) in [6, 6.07) is 0. The molecule has 4 fully saturated rings. The van der Waals surface area contributed by atoms with E-state index in [1.807, 2.05) is 13.8 Å². The molecule has 2 bridgehead atoms. The molecule has 15 unspecified atom stereocenters. The van der Waals surface area contributed by atoms with Crippen LogP contribution in [-0.2, 0) is 80.9 Å². The number of epoxide rings is 1. The van der Waals surface area contributed by atoms with Gasteiger partial charge in [-0.05, 0) is 33.6 Å². The van der Waals surface area contributed by atoms with Gasteiger partial charge in [0.05, 0.1) is 87.0 Å². The molecule has 4 aliphatic heterocycles. The summed E-state index contributed by atoms with van der Waals surface area (Å²) in [5.41, 5.74) is 0. The van der Waals surface area contributed by atoms with Gasteiger partial charge in [-0.3, -0.25) is 28.8 Å². The van der Waals surface area contributed by atoms with E-state index in [4.69, 9.17) is 52.1 Å². The zero-order chi connectivity index (χ0) is 45.0. The maximum atomic E-state index is 13.5. The van der Waals surface area contributed by atoms with Gasteiger partial charge in [-0.25, -0.2) is 0 Å². The maximum Gasteiger partial charge on any atom is 0.309 e. The third-order valence-corrected chi connectivity index (χ3v) is 11.0. The molecule has 0 amide bonds. The molecule has 4 heterocycles. The number of hydrogen-bond donors (Lipinski definition) is 2. The zero-order valence-corrected chi connectivity index (χ0v) is 36.3. The van der Waals surface area contributed by atoms with E-state index < -0.39 is 166 Å². The Labute approximate surface area is 356 Å². The van der Waals surface area contributed by atoms with Gasteiger partial charge in [-0.1, -0.05) is 39.8 Å². The smallest absolute Gasteiger partial charge is 0.309 e. The number of ether oxygens (including phenoxy) is 11. The van der Waals surface area contributed by atoms with Gasteiger partial charge < -0.3 is 62.3 Å². The van der Waals surface area contributed by atoms with Crippen molar-refractivity contribution in [3.8, 4) is 0 Å². The Balaban J connectivity index is 1.65. The number of cyclic esters (lactones) is 4. The third-order valence-electron chi connectivity index (χ3n) is 11.0. The van der Waals surface area contributed by atoms with Gasteiger partial charge in [0.1, 0.15) is 44.7 Å². The van der Waals surface area contributed by atoms with Crippen molar-refractivity contribution in [3.63, 3.8) is 0 Å². The standard InChI is InChI=1S/C42H64O19/c1-9-11-29-41(61-29)42-33-16-39(49)58-27(18-52-35(45)12-28(43)23(6)56-42)20-54-37(47)15-32(60-33)25(8)55-24(7)31-14-36(46)53-19-26(17-51-34(44)10-2)57-38(48)13-30(59-31)22(5)40(50)21(3)4/h9,11,21-33,40-43,50H,10,12-20H2,1-8H3. The fourth-order valence-corrected chi connectivity index (χ4v) is 7.22. The van der Waals surface area contributed by atoms with Crippen LogP contribution in [-0.4, -0.2) is 158 Å². The number of carbonyl (C=O) groups is 6. The van der Waals surface area contributed by atoms with Gasteiger partial charge in [0.15, 0.2) is 12.2 Å². The Morgan fingerprint density at radius 3 is 1.92 bits per heavy atom. The van der Waals surface area contributed by atoms with E-state index in [-0.39, 0.29) is 31.8 Å². The van der Waals surface area contributed by atoms with Crippen LogP contribution in [0.1, 0.15) is 93.9 Å². The molecule has 4 rings (SSSR count). The lowest BCUT2D eigenvalue weighted by atomic mass is 9.88. The first-order chi connectivity index (χ1) is 28.9. The summed E-state index contributed by atoms with van der Waals surface area (Å²) < 4.78 is 64.3. The lowest BCUT2D eigenvalue weighted by Crippen LogP contribution is -2.48. The minimum absolute atomic E-state index is 0.0853. The molecule has 19 nitrogen and oxygen atoms in total. The average molecular weight is 873 g/mol. The van der Waals surface area contributed by atoms with E-state index in [1.165, 1.54) is 0 Å². The quantitative estimate of drug-likeness (QED) is 0.123. The highest BCUT2D eigenvalue weighted by molar-refractivity contribution is 5.73. The number of fused-ring (bicyclic) bond motifs is 4. The lowest BCUT2D eigenvalue weighted by molar-refractivity contribution is -0.197. The molecule has 0 aromatic rings. The topological polar surface area (TPSA) is 248 Å². The van der Waals surface area contributed by atoms with Crippen molar-refractivity contribution in [1.82, 2.24) is 0 Å². The van der Waals surface area contributed by atoms with Crippen molar-refractivity contribution in [2.75, 3.05) is 26.4 Å². The monoisotopic (exact) mass is 872 g/mol. The average Bonchev–Trinajstić information content (AvgIpc) is 3.97. The largest absolute Gasteiger partial charge is 0.462 e. The molecule has 0 spiro atoms. The minimum atomic E-state index is -1.30. The third kappa shape index (κ3) is 15.5. The second-order valence-electron chi connectivity index (χ2n) is 16.4. The second-order valence-corrected chi connectivity index (χ2v) is 16.4. The summed E-state index contributed by atoms with van der Waals surface area (Å²) in [7, 11) is 0. The molecule has 4 aliphatic rings.